The molecule has 0 unspecified atom stereocenters. The number of imide groups is 1. The summed E-state index contributed by atoms with van der Waals surface area (Å²) in [5.74, 6) is -0.456. The molecule has 1 N–H and O–H groups in total. The van der Waals surface area contributed by atoms with Gasteiger partial charge in [0.1, 0.15) is 0 Å². The Hall–Kier alpha value is -0.860. The van der Waals surface area contributed by atoms with Gasteiger partial charge < -0.3 is 0 Å². The van der Waals surface area contributed by atoms with Gasteiger partial charge in [0.05, 0.1) is 0 Å². The Morgan fingerprint density at radius 1 is 1.33 bits per heavy atom. The van der Waals surface area contributed by atoms with Gasteiger partial charge in [-0.25, -0.2) is 0 Å². The van der Waals surface area contributed by atoms with E-state index in [0.717, 1.165) is 12.8 Å². The molecule has 0 rings (SSSR count). The fraction of sp³-hybridized carbons (Fsp3) is 0.778. The summed E-state index contributed by atoms with van der Waals surface area (Å²) in [7, 11) is 0. The molecule has 0 saturated carbocycles. The molecule has 0 aliphatic carbocycles. The molecule has 0 bridgehead atoms. The van der Waals surface area contributed by atoms with Crippen LogP contribution in [0.15, 0.2) is 0 Å². The summed E-state index contributed by atoms with van der Waals surface area (Å²) in [5, 5.41) is 2.34. The zero-order valence-electron chi connectivity index (χ0n) is 8.02. The van der Waals surface area contributed by atoms with E-state index in [1.165, 1.54) is 0 Å². The molecule has 2 amide bonds. The molecule has 70 valence electrons. The van der Waals surface area contributed by atoms with Crippen LogP contribution in [-0.2, 0) is 9.59 Å². The van der Waals surface area contributed by atoms with Gasteiger partial charge in [-0.15, -0.1) is 0 Å². The minimum absolute atomic E-state index is 0.115. The lowest BCUT2D eigenvalue weighted by atomic mass is 10.2. The molecule has 3 heteroatoms. The fourth-order valence-corrected chi connectivity index (χ4v) is 0.682. The van der Waals surface area contributed by atoms with Gasteiger partial charge in [0.25, 0.3) is 0 Å². The van der Waals surface area contributed by atoms with Gasteiger partial charge in [-0.3, -0.25) is 14.9 Å². The monoisotopic (exact) mass is 171 g/mol. The van der Waals surface area contributed by atoms with Crippen molar-refractivity contribution in [2.45, 2.75) is 40.0 Å². The van der Waals surface area contributed by atoms with Crippen LogP contribution >= 0.6 is 0 Å². The minimum Gasteiger partial charge on any atom is -0.296 e. The van der Waals surface area contributed by atoms with E-state index in [4.69, 9.17) is 0 Å². The molecule has 0 aromatic carbocycles. The van der Waals surface area contributed by atoms with Crippen molar-refractivity contribution in [1.82, 2.24) is 5.32 Å². The summed E-state index contributed by atoms with van der Waals surface area (Å²) in [6.45, 7) is 5.54. The number of unbranched alkanes of at least 4 members (excludes halogenated alkanes) is 1. The van der Waals surface area contributed by atoms with Crippen LogP contribution in [0.25, 0.3) is 0 Å². The molecular formula is C9H17NO2. The summed E-state index contributed by atoms with van der Waals surface area (Å²) < 4.78 is 0. The van der Waals surface area contributed by atoms with Crippen LogP contribution in [0.4, 0.5) is 0 Å². The highest BCUT2D eigenvalue weighted by molar-refractivity contribution is 5.95. The van der Waals surface area contributed by atoms with Crippen LogP contribution in [0.1, 0.15) is 40.0 Å². The van der Waals surface area contributed by atoms with E-state index in [1.54, 1.807) is 13.8 Å². The Balaban J connectivity index is 3.62. The fourth-order valence-electron chi connectivity index (χ4n) is 0.682. The first-order valence-corrected chi connectivity index (χ1v) is 4.41. The molecule has 0 spiro atoms. The Bertz CT molecular complexity index is 164. The SMILES string of the molecule is CCCCC(=O)NC(=O)C(C)C. The van der Waals surface area contributed by atoms with Crippen molar-refractivity contribution in [3.8, 4) is 0 Å². The second-order valence-corrected chi connectivity index (χ2v) is 3.17. The van der Waals surface area contributed by atoms with Gasteiger partial charge in [-0.05, 0) is 6.42 Å². The summed E-state index contributed by atoms with van der Waals surface area (Å²) in [6.07, 6.45) is 2.27. The van der Waals surface area contributed by atoms with Crippen molar-refractivity contribution in [3.63, 3.8) is 0 Å². The second kappa shape index (κ2) is 5.75. The summed E-state index contributed by atoms with van der Waals surface area (Å²) in [4.78, 5) is 22.0. The lowest BCUT2D eigenvalue weighted by Gasteiger charge is -2.05. The maximum absolute atomic E-state index is 11.0. The van der Waals surface area contributed by atoms with Crippen molar-refractivity contribution in [1.29, 1.82) is 0 Å². The number of hydrogen-bond acceptors (Lipinski definition) is 2. The number of amides is 2. The Morgan fingerprint density at radius 2 is 1.92 bits per heavy atom. The van der Waals surface area contributed by atoms with Crippen LogP contribution in [0, 0.1) is 5.92 Å². The number of carbonyl (C=O) groups is 2. The molecule has 0 aromatic heterocycles. The summed E-state index contributed by atoms with van der Waals surface area (Å²) in [6, 6.07) is 0. The van der Waals surface area contributed by atoms with Crippen molar-refractivity contribution >= 4 is 11.8 Å². The Morgan fingerprint density at radius 3 is 2.33 bits per heavy atom. The topological polar surface area (TPSA) is 46.2 Å². The predicted octanol–water partition coefficient (Wildman–Crippen LogP) is 1.48. The van der Waals surface area contributed by atoms with Gasteiger partial charge in [0.2, 0.25) is 11.8 Å². The standard InChI is InChI=1S/C9H17NO2/c1-4-5-6-8(11)10-9(12)7(2)3/h7H,4-6H2,1-3H3,(H,10,11,12). The number of hydrogen-bond donors (Lipinski definition) is 1. The smallest absolute Gasteiger partial charge is 0.229 e. The molecule has 0 aliphatic heterocycles. The lowest BCUT2D eigenvalue weighted by Crippen LogP contribution is -2.33. The van der Waals surface area contributed by atoms with Crippen LogP contribution in [0.3, 0.4) is 0 Å². The highest BCUT2D eigenvalue weighted by Crippen LogP contribution is 1.95. The van der Waals surface area contributed by atoms with E-state index < -0.39 is 0 Å². The molecule has 0 fully saturated rings. The molecule has 0 aromatic rings. The number of rotatable bonds is 4. The normalized spacial score (nSPS) is 10.0. The van der Waals surface area contributed by atoms with Crippen molar-refractivity contribution < 1.29 is 9.59 Å². The van der Waals surface area contributed by atoms with E-state index in [1.807, 2.05) is 6.92 Å². The maximum atomic E-state index is 11.0. The molecule has 0 atom stereocenters. The number of nitrogens with one attached hydrogen (secondary N) is 1. The van der Waals surface area contributed by atoms with Gasteiger partial charge >= 0.3 is 0 Å². The Labute approximate surface area is 73.5 Å². The minimum atomic E-state index is -0.184. The first-order valence-electron chi connectivity index (χ1n) is 4.41. The van der Waals surface area contributed by atoms with Gasteiger partial charge in [-0.1, -0.05) is 27.2 Å². The highest BCUT2D eigenvalue weighted by atomic mass is 16.2. The zero-order valence-corrected chi connectivity index (χ0v) is 8.02. The molecule has 0 radical (unpaired) electrons. The highest BCUT2D eigenvalue weighted by Gasteiger charge is 2.09. The first-order chi connectivity index (χ1) is 5.57. The van der Waals surface area contributed by atoms with Gasteiger partial charge in [-0.2, -0.15) is 0 Å². The third-order valence-corrected chi connectivity index (χ3v) is 1.54. The van der Waals surface area contributed by atoms with Crippen LogP contribution in [0.2, 0.25) is 0 Å². The molecule has 3 nitrogen and oxygen atoms in total. The van der Waals surface area contributed by atoms with Gasteiger partial charge in [0, 0.05) is 12.3 Å². The molecule has 0 aliphatic rings. The van der Waals surface area contributed by atoms with E-state index in [0.29, 0.717) is 6.42 Å². The van der Waals surface area contributed by atoms with Crippen LogP contribution < -0.4 is 5.32 Å². The predicted molar refractivity (Wildman–Crippen MR) is 47.5 cm³/mol. The van der Waals surface area contributed by atoms with Crippen molar-refractivity contribution in [3.05, 3.63) is 0 Å². The third kappa shape index (κ3) is 4.88. The van der Waals surface area contributed by atoms with E-state index in [2.05, 4.69) is 5.32 Å². The average Bonchev–Trinajstić information content (AvgIpc) is 2.00. The molecule has 12 heavy (non-hydrogen) atoms. The van der Waals surface area contributed by atoms with E-state index in [-0.39, 0.29) is 17.7 Å². The second-order valence-electron chi connectivity index (χ2n) is 3.17. The largest absolute Gasteiger partial charge is 0.296 e. The van der Waals surface area contributed by atoms with Crippen LogP contribution in [0.5, 0.6) is 0 Å². The van der Waals surface area contributed by atoms with E-state index >= 15 is 0 Å². The average molecular weight is 171 g/mol. The number of carbonyl (C=O) groups excluding carboxylic acids is 2. The Kier molecular flexibility index (Phi) is 5.34. The maximum Gasteiger partial charge on any atom is 0.229 e. The summed E-state index contributed by atoms with van der Waals surface area (Å²) in [5.41, 5.74) is 0. The quantitative estimate of drug-likeness (QED) is 0.696. The van der Waals surface area contributed by atoms with Crippen LogP contribution in [-0.4, -0.2) is 11.8 Å². The van der Waals surface area contributed by atoms with E-state index in [9.17, 15) is 9.59 Å². The molecule has 0 saturated heterocycles. The van der Waals surface area contributed by atoms with Crippen molar-refractivity contribution in [2.75, 3.05) is 0 Å². The lowest BCUT2D eigenvalue weighted by molar-refractivity contribution is -0.132. The van der Waals surface area contributed by atoms with Crippen molar-refractivity contribution in [2.24, 2.45) is 5.92 Å². The third-order valence-electron chi connectivity index (χ3n) is 1.54. The summed E-state index contributed by atoms with van der Waals surface area (Å²) >= 11 is 0. The zero-order chi connectivity index (χ0) is 9.56. The van der Waals surface area contributed by atoms with Gasteiger partial charge in [0.15, 0.2) is 0 Å². The first kappa shape index (κ1) is 11.1. The molecule has 0 heterocycles. The molecular weight excluding hydrogens is 154 g/mol.